The Morgan fingerprint density at radius 1 is 1.20 bits per heavy atom. The summed E-state index contributed by atoms with van der Waals surface area (Å²) in [6.07, 6.45) is 5.41. The number of rotatable bonds is 6. The van der Waals surface area contributed by atoms with Gasteiger partial charge in [0.05, 0.1) is 25.9 Å². The molecule has 112 valence electrons. The van der Waals surface area contributed by atoms with Crippen LogP contribution in [0.5, 0.6) is 5.75 Å². The summed E-state index contributed by atoms with van der Waals surface area (Å²) in [5.74, 6) is 1.79. The van der Waals surface area contributed by atoms with Crippen molar-refractivity contribution in [1.82, 2.24) is 5.32 Å². The monoisotopic (exact) mass is 277 g/mol. The molecule has 1 N–H and O–H groups in total. The number of ether oxygens (including phenoxy) is 2. The first kappa shape index (κ1) is 15.3. The Kier molecular flexibility index (Phi) is 5.86. The minimum Gasteiger partial charge on any atom is -0.496 e. The maximum absolute atomic E-state index is 6.12. The summed E-state index contributed by atoms with van der Waals surface area (Å²) in [5, 5.41) is 3.34. The molecular weight excluding hydrogens is 250 g/mol. The molecule has 1 aliphatic carbocycles. The fraction of sp³-hybridized carbons (Fsp3) is 0.647. The summed E-state index contributed by atoms with van der Waals surface area (Å²) in [4.78, 5) is 0. The lowest BCUT2D eigenvalue weighted by molar-refractivity contribution is 0.00855. The zero-order valence-corrected chi connectivity index (χ0v) is 12.9. The lowest BCUT2D eigenvalue weighted by Crippen LogP contribution is -2.27. The van der Waals surface area contributed by atoms with Crippen LogP contribution in [0.25, 0.3) is 0 Å². The minimum absolute atomic E-state index is 0.186. The first-order valence-electron chi connectivity index (χ1n) is 7.66. The number of likely N-dealkylation sites (N-methyl/N-ethyl adjacent to an activating group) is 1. The van der Waals surface area contributed by atoms with Crippen LogP contribution in [0.3, 0.4) is 0 Å². The fourth-order valence-electron chi connectivity index (χ4n) is 2.91. The van der Waals surface area contributed by atoms with Gasteiger partial charge in [0, 0.05) is 5.56 Å². The zero-order chi connectivity index (χ0) is 14.4. The molecule has 0 radical (unpaired) electrons. The smallest absolute Gasteiger partial charge is 0.123 e. The lowest BCUT2D eigenvalue weighted by Gasteiger charge is -2.28. The number of nitrogens with one attached hydrogen (secondary N) is 1. The van der Waals surface area contributed by atoms with Gasteiger partial charge in [-0.1, -0.05) is 25.1 Å². The third-order valence-electron chi connectivity index (χ3n) is 4.32. The molecule has 1 aliphatic rings. The van der Waals surface area contributed by atoms with E-state index in [1.54, 1.807) is 7.11 Å². The van der Waals surface area contributed by atoms with E-state index in [4.69, 9.17) is 9.47 Å². The van der Waals surface area contributed by atoms with Crippen molar-refractivity contribution in [2.75, 3.05) is 20.8 Å². The second-order valence-corrected chi connectivity index (χ2v) is 5.80. The van der Waals surface area contributed by atoms with Gasteiger partial charge in [-0.05, 0) is 44.7 Å². The van der Waals surface area contributed by atoms with Crippen LogP contribution in [-0.2, 0) is 4.74 Å². The van der Waals surface area contributed by atoms with Crippen molar-refractivity contribution < 1.29 is 9.47 Å². The van der Waals surface area contributed by atoms with Gasteiger partial charge in [0.2, 0.25) is 0 Å². The molecule has 1 fully saturated rings. The Morgan fingerprint density at radius 2 is 1.90 bits per heavy atom. The van der Waals surface area contributed by atoms with Gasteiger partial charge in [0.15, 0.2) is 0 Å². The van der Waals surface area contributed by atoms with E-state index in [0.717, 1.165) is 11.7 Å². The van der Waals surface area contributed by atoms with Crippen LogP contribution in [0.15, 0.2) is 24.3 Å². The van der Waals surface area contributed by atoms with Gasteiger partial charge in [-0.2, -0.15) is 0 Å². The van der Waals surface area contributed by atoms with Crippen LogP contribution in [-0.4, -0.2) is 26.9 Å². The fourth-order valence-corrected chi connectivity index (χ4v) is 2.91. The summed E-state index contributed by atoms with van der Waals surface area (Å²) < 4.78 is 11.6. The van der Waals surface area contributed by atoms with Crippen molar-refractivity contribution in [3.05, 3.63) is 29.8 Å². The highest BCUT2D eigenvalue weighted by Gasteiger charge is 2.21. The lowest BCUT2D eigenvalue weighted by atomic mass is 9.89. The van der Waals surface area contributed by atoms with E-state index in [1.807, 2.05) is 25.2 Å². The third kappa shape index (κ3) is 3.97. The number of methoxy groups -OCH3 is 1. The molecule has 1 saturated carbocycles. The number of benzene rings is 1. The van der Waals surface area contributed by atoms with Gasteiger partial charge >= 0.3 is 0 Å². The Labute approximate surface area is 122 Å². The van der Waals surface area contributed by atoms with E-state index in [1.165, 1.54) is 31.2 Å². The van der Waals surface area contributed by atoms with Crippen LogP contribution in [0, 0.1) is 5.92 Å². The maximum atomic E-state index is 6.12. The van der Waals surface area contributed by atoms with Crippen molar-refractivity contribution in [1.29, 1.82) is 0 Å². The predicted molar refractivity (Wildman–Crippen MR) is 82.2 cm³/mol. The third-order valence-corrected chi connectivity index (χ3v) is 4.32. The summed E-state index contributed by atoms with van der Waals surface area (Å²) in [5.41, 5.74) is 1.17. The van der Waals surface area contributed by atoms with E-state index in [9.17, 15) is 0 Å². The van der Waals surface area contributed by atoms with Crippen molar-refractivity contribution in [2.24, 2.45) is 5.92 Å². The summed E-state index contributed by atoms with van der Waals surface area (Å²) in [6, 6.07) is 8.34. The SMILES string of the molecule is CNC(COC1CCC(C)CC1)c1ccccc1OC. The molecule has 0 aromatic heterocycles. The average Bonchev–Trinajstić information content (AvgIpc) is 2.50. The van der Waals surface area contributed by atoms with Gasteiger partial charge in [0.1, 0.15) is 5.75 Å². The molecule has 0 amide bonds. The Hall–Kier alpha value is -1.06. The first-order valence-corrected chi connectivity index (χ1v) is 7.66. The molecule has 0 bridgehead atoms. The molecule has 1 atom stereocenters. The van der Waals surface area contributed by atoms with Crippen LogP contribution < -0.4 is 10.1 Å². The quantitative estimate of drug-likeness (QED) is 0.862. The molecule has 1 aromatic carbocycles. The highest BCUT2D eigenvalue weighted by molar-refractivity contribution is 5.35. The second-order valence-electron chi connectivity index (χ2n) is 5.80. The molecule has 1 unspecified atom stereocenters. The van der Waals surface area contributed by atoms with Crippen LogP contribution in [0.4, 0.5) is 0 Å². The largest absolute Gasteiger partial charge is 0.496 e. The Balaban J connectivity index is 1.92. The van der Waals surface area contributed by atoms with E-state index >= 15 is 0 Å². The van der Waals surface area contributed by atoms with Gasteiger partial charge in [0.25, 0.3) is 0 Å². The van der Waals surface area contributed by atoms with E-state index in [-0.39, 0.29) is 6.04 Å². The number of hydrogen-bond donors (Lipinski definition) is 1. The van der Waals surface area contributed by atoms with Gasteiger partial charge in [-0.25, -0.2) is 0 Å². The van der Waals surface area contributed by atoms with Crippen LogP contribution >= 0.6 is 0 Å². The molecule has 3 nitrogen and oxygen atoms in total. The van der Waals surface area contributed by atoms with E-state index in [0.29, 0.717) is 12.7 Å². The summed E-state index contributed by atoms with van der Waals surface area (Å²) >= 11 is 0. The van der Waals surface area contributed by atoms with Gasteiger partial charge < -0.3 is 14.8 Å². The average molecular weight is 277 g/mol. The van der Waals surface area contributed by atoms with E-state index in [2.05, 4.69) is 18.3 Å². The minimum atomic E-state index is 0.186. The molecule has 0 spiro atoms. The molecular formula is C17H27NO2. The van der Waals surface area contributed by atoms with Crippen molar-refractivity contribution >= 4 is 0 Å². The van der Waals surface area contributed by atoms with Gasteiger partial charge in [-0.3, -0.25) is 0 Å². The van der Waals surface area contributed by atoms with Crippen molar-refractivity contribution in [2.45, 2.75) is 44.8 Å². The number of para-hydroxylation sites is 1. The first-order chi connectivity index (χ1) is 9.74. The van der Waals surface area contributed by atoms with Crippen LogP contribution in [0.1, 0.15) is 44.2 Å². The molecule has 3 heteroatoms. The number of hydrogen-bond acceptors (Lipinski definition) is 3. The Morgan fingerprint density at radius 3 is 2.55 bits per heavy atom. The highest BCUT2D eigenvalue weighted by Crippen LogP contribution is 2.28. The van der Waals surface area contributed by atoms with Gasteiger partial charge in [-0.15, -0.1) is 0 Å². The normalized spacial score (nSPS) is 24.4. The maximum Gasteiger partial charge on any atom is 0.123 e. The molecule has 0 heterocycles. The van der Waals surface area contributed by atoms with E-state index < -0.39 is 0 Å². The van der Waals surface area contributed by atoms with Crippen molar-refractivity contribution in [3.63, 3.8) is 0 Å². The molecule has 20 heavy (non-hydrogen) atoms. The summed E-state index contributed by atoms with van der Waals surface area (Å²) in [7, 11) is 3.69. The van der Waals surface area contributed by atoms with Crippen molar-refractivity contribution in [3.8, 4) is 5.75 Å². The second kappa shape index (κ2) is 7.65. The molecule has 0 saturated heterocycles. The standard InChI is InChI=1S/C17H27NO2/c1-13-8-10-14(11-9-13)20-12-16(18-2)15-6-4-5-7-17(15)19-3/h4-7,13-14,16,18H,8-12H2,1-3H3. The molecule has 2 rings (SSSR count). The highest BCUT2D eigenvalue weighted by atomic mass is 16.5. The topological polar surface area (TPSA) is 30.5 Å². The van der Waals surface area contributed by atoms with Crippen LogP contribution in [0.2, 0.25) is 0 Å². The Bertz CT molecular complexity index is 400. The summed E-state index contributed by atoms with van der Waals surface area (Å²) in [6.45, 7) is 3.04. The molecule has 0 aliphatic heterocycles. The zero-order valence-electron chi connectivity index (χ0n) is 12.9. The predicted octanol–water partition coefficient (Wildman–Crippen LogP) is 3.55. The molecule has 1 aromatic rings.